The molecule has 1 heterocycles. The van der Waals surface area contributed by atoms with Crippen LogP contribution in [0.25, 0.3) is 0 Å². The van der Waals surface area contributed by atoms with E-state index in [1.54, 1.807) is 36.0 Å². The van der Waals surface area contributed by atoms with Crippen molar-refractivity contribution in [2.24, 2.45) is 0 Å². The molecule has 2 amide bonds. The number of hydrogen-bond acceptors (Lipinski definition) is 4. The average Bonchev–Trinajstić information content (AvgIpc) is 2.65. The van der Waals surface area contributed by atoms with Crippen molar-refractivity contribution < 1.29 is 9.59 Å². The van der Waals surface area contributed by atoms with Crippen LogP contribution < -0.4 is 0 Å². The first-order chi connectivity index (χ1) is 9.15. The van der Waals surface area contributed by atoms with Crippen molar-refractivity contribution in [1.29, 1.82) is 0 Å². The molecule has 1 aliphatic heterocycles. The first-order valence-corrected chi connectivity index (χ1v) is 7.65. The van der Waals surface area contributed by atoms with Crippen LogP contribution in [-0.4, -0.2) is 33.2 Å². The Morgan fingerprint density at radius 1 is 1.21 bits per heavy atom. The topological polar surface area (TPSA) is 37.4 Å². The van der Waals surface area contributed by atoms with Gasteiger partial charge in [-0.2, -0.15) is 0 Å². The number of benzene rings is 1. The number of carbonyl (C=O) groups is 2. The van der Waals surface area contributed by atoms with Gasteiger partial charge in [-0.05, 0) is 30.7 Å². The van der Waals surface area contributed by atoms with Crippen molar-refractivity contribution in [1.82, 2.24) is 4.90 Å². The van der Waals surface area contributed by atoms with Gasteiger partial charge >= 0.3 is 0 Å². The third kappa shape index (κ3) is 3.04. The van der Waals surface area contributed by atoms with Gasteiger partial charge in [0, 0.05) is 10.7 Å². The fourth-order valence-corrected chi connectivity index (χ4v) is 3.17. The average molecular weight is 293 g/mol. The second-order valence-corrected chi connectivity index (χ2v) is 6.33. The van der Waals surface area contributed by atoms with Gasteiger partial charge in [0.25, 0.3) is 11.8 Å². The lowest BCUT2D eigenvalue weighted by atomic mass is 10.1. The molecule has 1 aromatic carbocycles. The third-order valence-electron chi connectivity index (χ3n) is 2.95. The number of imide groups is 1. The van der Waals surface area contributed by atoms with Crippen molar-refractivity contribution in [3.05, 3.63) is 35.4 Å². The Kier molecular flexibility index (Phi) is 4.71. The lowest BCUT2D eigenvalue weighted by Gasteiger charge is -2.13. The molecule has 1 aliphatic rings. The lowest BCUT2D eigenvalue weighted by molar-refractivity contribution is 0.0653. The van der Waals surface area contributed by atoms with E-state index in [9.17, 15) is 9.59 Å². The van der Waals surface area contributed by atoms with E-state index in [2.05, 4.69) is 6.92 Å². The van der Waals surface area contributed by atoms with E-state index in [4.69, 9.17) is 12.2 Å². The van der Waals surface area contributed by atoms with E-state index in [0.29, 0.717) is 17.7 Å². The molecule has 0 radical (unpaired) electrons. The van der Waals surface area contributed by atoms with E-state index in [0.717, 1.165) is 22.8 Å². The van der Waals surface area contributed by atoms with Gasteiger partial charge in [0.1, 0.15) is 0 Å². The van der Waals surface area contributed by atoms with Gasteiger partial charge < -0.3 is 0 Å². The summed E-state index contributed by atoms with van der Waals surface area (Å²) in [4.78, 5) is 25.5. The van der Waals surface area contributed by atoms with Crippen LogP contribution in [0.15, 0.2) is 24.3 Å². The molecule has 0 bridgehead atoms. The van der Waals surface area contributed by atoms with Gasteiger partial charge in [-0.1, -0.05) is 31.3 Å². The molecular weight excluding hydrogens is 278 g/mol. The van der Waals surface area contributed by atoms with Crippen LogP contribution in [0, 0.1) is 0 Å². The maximum absolute atomic E-state index is 12.1. The van der Waals surface area contributed by atoms with Crippen LogP contribution in [0.3, 0.4) is 0 Å². The molecule has 0 saturated carbocycles. The van der Waals surface area contributed by atoms with Gasteiger partial charge in [0.15, 0.2) is 0 Å². The van der Waals surface area contributed by atoms with Crippen LogP contribution in [0.2, 0.25) is 0 Å². The second-order valence-electron chi connectivity index (χ2n) is 4.22. The molecule has 3 nitrogen and oxygen atoms in total. The molecular formula is C14H15NO2S2. The molecule has 1 aromatic rings. The maximum Gasteiger partial charge on any atom is 0.261 e. The number of nitrogens with zero attached hydrogens (tertiary/aromatic N) is 1. The molecule has 0 aromatic heterocycles. The number of thioether (sulfide) groups is 1. The molecule has 0 fully saturated rings. The van der Waals surface area contributed by atoms with Crippen LogP contribution in [0.1, 0.15) is 40.5 Å². The predicted molar refractivity (Wildman–Crippen MR) is 81.8 cm³/mol. The highest BCUT2D eigenvalue weighted by atomic mass is 32.2. The molecule has 19 heavy (non-hydrogen) atoms. The molecule has 0 spiro atoms. The van der Waals surface area contributed by atoms with Gasteiger partial charge in [0.05, 0.1) is 11.1 Å². The minimum Gasteiger partial charge on any atom is -0.274 e. The Hall–Kier alpha value is -1.20. The Balaban J connectivity index is 1.95. The van der Waals surface area contributed by atoms with E-state index in [1.807, 2.05) is 0 Å². The smallest absolute Gasteiger partial charge is 0.261 e. The Bertz CT molecular complexity index is 493. The molecule has 0 atom stereocenters. The zero-order valence-electron chi connectivity index (χ0n) is 10.7. The standard InChI is InChI=1S/C14H15NO2S2/c1-2-19-12(18)8-5-9-15-13(16)10-6-3-4-7-11(10)14(15)17/h3-4,6-7H,2,5,8-9H2,1H3. The minimum atomic E-state index is -0.185. The monoisotopic (exact) mass is 293 g/mol. The van der Waals surface area contributed by atoms with Crippen molar-refractivity contribution in [2.45, 2.75) is 19.8 Å². The number of hydrogen-bond donors (Lipinski definition) is 0. The van der Waals surface area contributed by atoms with Crippen molar-refractivity contribution in [3.8, 4) is 0 Å². The summed E-state index contributed by atoms with van der Waals surface area (Å²) in [6.45, 7) is 2.50. The summed E-state index contributed by atoms with van der Waals surface area (Å²) < 4.78 is 0.944. The summed E-state index contributed by atoms with van der Waals surface area (Å²) >= 11 is 6.84. The second kappa shape index (κ2) is 6.30. The molecule has 5 heteroatoms. The van der Waals surface area contributed by atoms with Crippen LogP contribution >= 0.6 is 24.0 Å². The van der Waals surface area contributed by atoms with E-state index in [-0.39, 0.29) is 11.8 Å². The SMILES string of the molecule is CCSC(=S)CCCN1C(=O)c2ccccc2C1=O. The number of thiocarbonyl (C=S) groups is 1. The number of carbonyl (C=O) groups excluding carboxylic acids is 2. The van der Waals surface area contributed by atoms with Crippen LogP contribution in [0.4, 0.5) is 0 Å². The van der Waals surface area contributed by atoms with Crippen molar-refractivity contribution in [3.63, 3.8) is 0 Å². The largest absolute Gasteiger partial charge is 0.274 e. The Labute approximate surface area is 122 Å². The van der Waals surface area contributed by atoms with E-state index >= 15 is 0 Å². The zero-order valence-corrected chi connectivity index (χ0v) is 12.4. The fourth-order valence-electron chi connectivity index (χ4n) is 2.06. The fraction of sp³-hybridized carbons (Fsp3) is 0.357. The highest BCUT2D eigenvalue weighted by Gasteiger charge is 2.34. The van der Waals surface area contributed by atoms with Gasteiger partial charge in [-0.15, -0.1) is 11.8 Å². The number of amides is 2. The van der Waals surface area contributed by atoms with Crippen molar-refractivity contribution in [2.75, 3.05) is 12.3 Å². The first-order valence-electron chi connectivity index (χ1n) is 6.26. The van der Waals surface area contributed by atoms with Crippen LogP contribution in [0.5, 0.6) is 0 Å². The lowest BCUT2D eigenvalue weighted by Crippen LogP contribution is -2.30. The third-order valence-corrected chi connectivity index (χ3v) is 4.32. The normalized spacial score (nSPS) is 13.8. The molecule has 0 aliphatic carbocycles. The summed E-state index contributed by atoms with van der Waals surface area (Å²) in [5.41, 5.74) is 1.02. The highest BCUT2D eigenvalue weighted by molar-refractivity contribution is 8.23. The van der Waals surface area contributed by atoms with E-state index in [1.165, 1.54) is 4.90 Å². The number of fused-ring (bicyclic) bond motifs is 1. The molecule has 0 N–H and O–H groups in total. The molecule has 100 valence electrons. The number of rotatable bonds is 5. The summed E-state index contributed by atoms with van der Waals surface area (Å²) in [7, 11) is 0. The zero-order chi connectivity index (χ0) is 13.8. The maximum atomic E-state index is 12.1. The Morgan fingerprint density at radius 3 is 2.32 bits per heavy atom. The first kappa shape index (κ1) is 14.2. The van der Waals surface area contributed by atoms with Gasteiger partial charge in [-0.25, -0.2) is 0 Å². The predicted octanol–water partition coefficient (Wildman–Crippen LogP) is 3.14. The summed E-state index contributed by atoms with van der Waals surface area (Å²) in [5.74, 6) is 0.593. The molecule has 0 unspecified atom stereocenters. The van der Waals surface area contributed by atoms with E-state index < -0.39 is 0 Å². The molecule has 2 rings (SSSR count). The summed E-state index contributed by atoms with van der Waals surface area (Å²) in [6.07, 6.45) is 1.50. The summed E-state index contributed by atoms with van der Waals surface area (Å²) in [5, 5.41) is 0. The highest BCUT2D eigenvalue weighted by Crippen LogP contribution is 2.23. The molecule has 0 saturated heterocycles. The summed E-state index contributed by atoms with van der Waals surface area (Å²) in [6, 6.07) is 6.96. The minimum absolute atomic E-state index is 0.185. The quantitative estimate of drug-likeness (QED) is 0.617. The van der Waals surface area contributed by atoms with Gasteiger partial charge in [-0.3, -0.25) is 14.5 Å². The van der Waals surface area contributed by atoms with Crippen molar-refractivity contribution >= 4 is 40.0 Å². The Morgan fingerprint density at radius 2 is 1.79 bits per heavy atom. The van der Waals surface area contributed by atoms with Gasteiger partial charge in [0.2, 0.25) is 0 Å². The van der Waals surface area contributed by atoms with Crippen LogP contribution in [-0.2, 0) is 0 Å².